The van der Waals surface area contributed by atoms with E-state index in [2.05, 4.69) is 21.2 Å². The molecule has 0 aliphatic heterocycles. The minimum Gasteiger partial charge on any atom is -0.306 e. The van der Waals surface area contributed by atoms with Crippen LogP contribution in [0.3, 0.4) is 0 Å². The maximum Gasteiger partial charge on any atom is 0.407 e. The summed E-state index contributed by atoms with van der Waals surface area (Å²) in [6.07, 6.45) is -4.27. The van der Waals surface area contributed by atoms with E-state index < -0.39 is 12.2 Å². The largest absolute Gasteiger partial charge is 0.407 e. The highest BCUT2D eigenvalue weighted by atomic mass is 79.9. The molecule has 1 unspecified atom stereocenters. The van der Waals surface area contributed by atoms with Gasteiger partial charge in [-0.25, -0.2) is 0 Å². The van der Waals surface area contributed by atoms with Gasteiger partial charge in [0.25, 0.3) is 0 Å². The summed E-state index contributed by atoms with van der Waals surface area (Å²) in [6.45, 7) is 1.66. The highest BCUT2D eigenvalue weighted by molar-refractivity contribution is 9.10. The van der Waals surface area contributed by atoms with Gasteiger partial charge in [0.05, 0.1) is 0 Å². The molecule has 0 saturated carbocycles. The van der Waals surface area contributed by atoms with Gasteiger partial charge in [0.15, 0.2) is 0 Å². The molecule has 0 amide bonds. The molecule has 1 nitrogen and oxygen atoms in total. The van der Waals surface area contributed by atoms with Crippen molar-refractivity contribution in [3.05, 3.63) is 33.8 Å². The van der Waals surface area contributed by atoms with E-state index in [0.717, 1.165) is 4.47 Å². The Labute approximate surface area is 94.8 Å². The number of nitrogens with one attached hydrogen (secondary N) is 1. The Bertz CT molecular complexity index is 349. The van der Waals surface area contributed by atoms with Crippen molar-refractivity contribution in [3.63, 3.8) is 0 Å². The molecule has 0 aliphatic carbocycles. The number of alkyl halides is 3. The van der Waals surface area contributed by atoms with Crippen molar-refractivity contribution in [1.29, 1.82) is 0 Å². The van der Waals surface area contributed by atoms with Crippen LogP contribution in [0.2, 0.25) is 0 Å². The third-order valence-electron chi connectivity index (χ3n) is 2.16. The molecule has 0 aromatic heterocycles. The van der Waals surface area contributed by atoms with Crippen molar-refractivity contribution in [2.24, 2.45) is 0 Å². The monoisotopic (exact) mass is 281 g/mol. The lowest BCUT2D eigenvalue weighted by molar-refractivity contribution is -0.156. The molecule has 1 N–H and O–H groups in total. The van der Waals surface area contributed by atoms with Crippen LogP contribution in [-0.2, 0) is 0 Å². The minimum atomic E-state index is -4.27. The predicted octanol–water partition coefficient (Wildman–Crippen LogP) is 3.58. The Balaban J connectivity index is 3.13. The van der Waals surface area contributed by atoms with Crippen molar-refractivity contribution < 1.29 is 13.2 Å². The van der Waals surface area contributed by atoms with Gasteiger partial charge in [0.2, 0.25) is 0 Å². The van der Waals surface area contributed by atoms with E-state index in [-0.39, 0.29) is 5.56 Å². The van der Waals surface area contributed by atoms with E-state index in [1.165, 1.54) is 13.1 Å². The van der Waals surface area contributed by atoms with E-state index in [0.29, 0.717) is 5.56 Å². The average Bonchev–Trinajstić information content (AvgIpc) is 2.07. The maximum atomic E-state index is 12.6. The molecule has 0 fully saturated rings. The molecule has 1 aromatic rings. The Hall–Kier alpha value is -0.550. The SMILES string of the molecule is CNC(c1ccc(Br)cc1C)C(F)(F)F. The number of halogens is 4. The summed E-state index contributed by atoms with van der Waals surface area (Å²) in [5.74, 6) is 0. The van der Waals surface area contributed by atoms with Crippen LogP contribution >= 0.6 is 15.9 Å². The Kier molecular flexibility index (Phi) is 3.78. The maximum absolute atomic E-state index is 12.6. The van der Waals surface area contributed by atoms with Gasteiger partial charge in [-0.15, -0.1) is 0 Å². The van der Waals surface area contributed by atoms with Gasteiger partial charge in [0.1, 0.15) is 6.04 Å². The molecule has 84 valence electrons. The van der Waals surface area contributed by atoms with E-state index in [1.807, 2.05) is 0 Å². The summed E-state index contributed by atoms with van der Waals surface area (Å²) in [5.41, 5.74) is 0.870. The van der Waals surface area contributed by atoms with E-state index in [4.69, 9.17) is 0 Å². The summed E-state index contributed by atoms with van der Waals surface area (Å²) in [6, 6.07) is 3.16. The van der Waals surface area contributed by atoms with E-state index >= 15 is 0 Å². The second-order valence-electron chi connectivity index (χ2n) is 3.26. The van der Waals surface area contributed by atoms with Gasteiger partial charge >= 0.3 is 6.18 Å². The Morgan fingerprint density at radius 3 is 2.33 bits per heavy atom. The quantitative estimate of drug-likeness (QED) is 0.874. The zero-order valence-electron chi connectivity index (χ0n) is 8.32. The molecule has 0 bridgehead atoms. The third kappa shape index (κ3) is 2.95. The summed E-state index contributed by atoms with van der Waals surface area (Å²) in [5, 5.41) is 2.28. The third-order valence-corrected chi connectivity index (χ3v) is 2.65. The van der Waals surface area contributed by atoms with E-state index in [9.17, 15) is 13.2 Å². The van der Waals surface area contributed by atoms with Gasteiger partial charge in [0, 0.05) is 4.47 Å². The van der Waals surface area contributed by atoms with Gasteiger partial charge in [-0.05, 0) is 37.2 Å². The van der Waals surface area contributed by atoms with Gasteiger partial charge < -0.3 is 5.32 Å². The number of aryl methyl sites for hydroxylation is 1. The molecule has 0 saturated heterocycles. The molecule has 5 heteroatoms. The number of benzene rings is 1. The first-order valence-electron chi connectivity index (χ1n) is 4.36. The van der Waals surface area contributed by atoms with Crippen LogP contribution in [-0.4, -0.2) is 13.2 Å². The summed E-state index contributed by atoms with van der Waals surface area (Å²) in [7, 11) is 1.31. The highest BCUT2D eigenvalue weighted by Crippen LogP contribution is 2.34. The van der Waals surface area contributed by atoms with Crippen LogP contribution < -0.4 is 5.32 Å². The minimum absolute atomic E-state index is 0.258. The topological polar surface area (TPSA) is 12.0 Å². The molecule has 1 rings (SSSR count). The van der Waals surface area contributed by atoms with Crippen LogP contribution in [0.1, 0.15) is 17.2 Å². The second kappa shape index (κ2) is 4.53. The molecule has 0 aliphatic rings. The van der Waals surface area contributed by atoms with Gasteiger partial charge in [-0.1, -0.05) is 22.0 Å². The molecule has 1 aromatic carbocycles. The smallest absolute Gasteiger partial charge is 0.306 e. The highest BCUT2D eigenvalue weighted by Gasteiger charge is 2.40. The molecule has 15 heavy (non-hydrogen) atoms. The zero-order valence-corrected chi connectivity index (χ0v) is 9.91. The molecule has 0 radical (unpaired) electrons. The number of rotatable bonds is 2. The van der Waals surface area contributed by atoms with Crippen molar-refractivity contribution in [2.75, 3.05) is 7.05 Å². The molecular formula is C10H11BrF3N. The van der Waals surface area contributed by atoms with Crippen LogP contribution in [0.25, 0.3) is 0 Å². The first-order valence-corrected chi connectivity index (χ1v) is 5.15. The molecule has 1 atom stereocenters. The van der Waals surface area contributed by atoms with Crippen LogP contribution in [0.15, 0.2) is 22.7 Å². The van der Waals surface area contributed by atoms with Crippen molar-refractivity contribution in [2.45, 2.75) is 19.1 Å². The second-order valence-corrected chi connectivity index (χ2v) is 4.18. The van der Waals surface area contributed by atoms with Crippen LogP contribution in [0.5, 0.6) is 0 Å². The Morgan fingerprint density at radius 1 is 1.33 bits per heavy atom. The average molecular weight is 282 g/mol. The summed E-state index contributed by atoms with van der Waals surface area (Å²) < 4.78 is 38.6. The van der Waals surface area contributed by atoms with Crippen LogP contribution in [0.4, 0.5) is 13.2 Å². The van der Waals surface area contributed by atoms with Gasteiger partial charge in [-0.2, -0.15) is 13.2 Å². The summed E-state index contributed by atoms with van der Waals surface area (Å²) >= 11 is 3.22. The first kappa shape index (κ1) is 12.5. The van der Waals surface area contributed by atoms with Crippen molar-refractivity contribution in [1.82, 2.24) is 5.32 Å². The molecule has 0 spiro atoms. The normalized spacial score (nSPS) is 14.0. The van der Waals surface area contributed by atoms with Gasteiger partial charge in [-0.3, -0.25) is 0 Å². The lowest BCUT2D eigenvalue weighted by Gasteiger charge is -2.21. The van der Waals surface area contributed by atoms with Crippen LogP contribution in [0, 0.1) is 6.92 Å². The van der Waals surface area contributed by atoms with Crippen molar-refractivity contribution >= 4 is 15.9 Å². The standard InChI is InChI=1S/C10H11BrF3N/c1-6-5-7(11)3-4-8(6)9(15-2)10(12,13)14/h3-5,9,15H,1-2H3. The zero-order chi connectivity index (χ0) is 11.6. The first-order chi connectivity index (χ1) is 6.86. The lowest BCUT2D eigenvalue weighted by Crippen LogP contribution is -2.32. The number of hydrogen-bond acceptors (Lipinski definition) is 1. The molecular weight excluding hydrogens is 271 g/mol. The predicted molar refractivity (Wildman–Crippen MR) is 56.7 cm³/mol. The molecule has 0 heterocycles. The fraction of sp³-hybridized carbons (Fsp3) is 0.400. The fourth-order valence-corrected chi connectivity index (χ4v) is 1.93. The fourth-order valence-electron chi connectivity index (χ4n) is 1.46. The number of hydrogen-bond donors (Lipinski definition) is 1. The Morgan fingerprint density at radius 2 is 1.93 bits per heavy atom. The van der Waals surface area contributed by atoms with Crippen molar-refractivity contribution in [3.8, 4) is 0 Å². The van der Waals surface area contributed by atoms with E-state index in [1.54, 1.807) is 19.1 Å². The summed E-state index contributed by atoms with van der Waals surface area (Å²) in [4.78, 5) is 0. The lowest BCUT2D eigenvalue weighted by atomic mass is 10.0.